The van der Waals surface area contributed by atoms with E-state index in [-0.39, 0.29) is 28.6 Å². The average molecular weight is 612 g/mol. The number of imidazole rings is 1. The van der Waals surface area contributed by atoms with Crippen LogP contribution in [0.5, 0.6) is 5.75 Å². The zero-order chi connectivity index (χ0) is 31.2. The average Bonchev–Trinajstić information content (AvgIpc) is 3.80. The first kappa shape index (κ1) is 30.5. The Morgan fingerprint density at radius 3 is 2.38 bits per heavy atom. The van der Waals surface area contributed by atoms with Crippen LogP contribution in [-0.2, 0) is 10.2 Å². The van der Waals surface area contributed by atoms with Gasteiger partial charge in [-0.2, -0.15) is 0 Å². The number of aliphatic hydroxyl groups is 2. The lowest BCUT2D eigenvalue weighted by molar-refractivity contribution is -0.124. The Balaban J connectivity index is 1.13. The van der Waals surface area contributed by atoms with Crippen molar-refractivity contribution in [1.29, 1.82) is 0 Å². The summed E-state index contributed by atoms with van der Waals surface area (Å²) in [6, 6.07) is 15.2. The van der Waals surface area contributed by atoms with E-state index in [4.69, 9.17) is 4.74 Å². The summed E-state index contributed by atoms with van der Waals surface area (Å²) in [5, 5.41) is 19.0. The van der Waals surface area contributed by atoms with E-state index in [1.54, 1.807) is 7.11 Å². The molecule has 1 heterocycles. The number of hydrogen-bond acceptors (Lipinski definition) is 5. The molecule has 2 aromatic carbocycles. The van der Waals surface area contributed by atoms with Gasteiger partial charge in [0, 0.05) is 42.4 Å². The SMILES string of the molecule is COc1ccc(C23CCC(CN(C(=O)C4CCC(CC(O)O)CC4)c4cccc(-n5cnc(C6CC6)c5)c4)(CC2)CC3)cc1C. The number of benzene rings is 2. The third-order valence-electron chi connectivity index (χ3n) is 11.9. The quantitative estimate of drug-likeness (QED) is 0.237. The molecule has 1 amide bonds. The normalized spacial score (nSPS) is 27.9. The van der Waals surface area contributed by atoms with Crippen LogP contribution in [0.3, 0.4) is 0 Å². The molecule has 1 aromatic heterocycles. The number of nitrogens with zero attached hydrogens (tertiary/aromatic N) is 3. The Bertz CT molecular complexity index is 1490. The molecule has 0 unspecified atom stereocenters. The van der Waals surface area contributed by atoms with E-state index >= 15 is 0 Å². The van der Waals surface area contributed by atoms with Crippen molar-refractivity contribution in [2.75, 3.05) is 18.6 Å². The number of anilines is 1. The zero-order valence-corrected chi connectivity index (χ0v) is 27.0. The predicted octanol–water partition coefficient (Wildman–Crippen LogP) is 7.20. The Morgan fingerprint density at radius 2 is 1.73 bits per heavy atom. The van der Waals surface area contributed by atoms with Crippen LogP contribution in [0.1, 0.15) is 106 Å². The van der Waals surface area contributed by atoms with Gasteiger partial charge in [-0.1, -0.05) is 18.2 Å². The molecule has 3 aromatic rings. The summed E-state index contributed by atoms with van der Waals surface area (Å²) < 4.78 is 7.65. The number of aliphatic hydroxyl groups excluding tert-OH is 1. The minimum Gasteiger partial charge on any atom is -0.496 e. The van der Waals surface area contributed by atoms with Gasteiger partial charge < -0.3 is 24.4 Å². The van der Waals surface area contributed by atoms with Crippen molar-refractivity contribution < 1.29 is 19.7 Å². The van der Waals surface area contributed by atoms with Crippen molar-refractivity contribution in [1.82, 2.24) is 9.55 Å². The standard InChI is InChI=1S/C38H49N3O4/c1-26-20-30(12-13-34(26)45-2)38-17-14-37(15-18-38,16-19-38)24-41(36(44)29-8-6-27(7-9-29)21-35(42)43)32-5-3-4-31(22-32)40-23-33(39-25-40)28-10-11-28/h3-5,12-13,20,22-23,25,27-29,35,42-43H,6-11,14-19,21,24H2,1-2H3. The highest BCUT2D eigenvalue weighted by molar-refractivity contribution is 5.95. The molecule has 0 aliphatic heterocycles. The van der Waals surface area contributed by atoms with Crippen LogP contribution in [0.2, 0.25) is 0 Å². The zero-order valence-electron chi connectivity index (χ0n) is 27.0. The molecule has 7 heteroatoms. The molecule has 0 atom stereocenters. The van der Waals surface area contributed by atoms with Gasteiger partial charge in [0.2, 0.25) is 5.91 Å². The number of amides is 1. The predicted molar refractivity (Wildman–Crippen MR) is 176 cm³/mol. The van der Waals surface area contributed by atoms with Crippen molar-refractivity contribution >= 4 is 11.6 Å². The Labute approximate surface area is 267 Å². The molecular formula is C38H49N3O4. The number of aromatic nitrogens is 2. The van der Waals surface area contributed by atoms with Gasteiger partial charge in [0.05, 0.1) is 19.1 Å². The van der Waals surface area contributed by atoms with Gasteiger partial charge in [0.15, 0.2) is 6.29 Å². The highest BCUT2D eigenvalue weighted by Crippen LogP contribution is 2.58. The molecule has 5 aliphatic rings. The summed E-state index contributed by atoms with van der Waals surface area (Å²) in [7, 11) is 1.74. The summed E-state index contributed by atoms with van der Waals surface area (Å²) in [6.07, 6.45) is 15.9. The van der Waals surface area contributed by atoms with Gasteiger partial charge in [-0.15, -0.1) is 0 Å². The van der Waals surface area contributed by atoms with Crippen molar-refractivity contribution in [3.8, 4) is 11.4 Å². The fourth-order valence-corrected chi connectivity index (χ4v) is 8.83. The van der Waals surface area contributed by atoms with Gasteiger partial charge in [-0.3, -0.25) is 4.79 Å². The first-order valence-corrected chi connectivity index (χ1v) is 17.2. The van der Waals surface area contributed by atoms with Crippen molar-refractivity contribution in [3.63, 3.8) is 0 Å². The number of fused-ring (bicyclic) bond motifs is 3. The summed E-state index contributed by atoms with van der Waals surface area (Å²) in [4.78, 5) is 21.3. The Morgan fingerprint density at radius 1 is 1.00 bits per heavy atom. The topological polar surface area (TPSA) is 87.8 Å². The van der Waals surface area contributed by atoms with E-state index in [1.165, 1.54) is 24.0 Å². The molecule has 7 nitrogen and oxygen atoms in total. The van der Waals surface area contributed by atoms with Crippen LogP contribution in [0.4, 0.5) is 5.69 Å². The third-order valence-corrected chi connectivity index (χ3v) is 11.9. The second-order valence-electron chi connectivity index (χ2n) is 14.8. The highest BCUT2D eigenvalue weighted by Gasteiger charge is 2.50. The molecule has 2 N–H and O–H groups in total. The molecule has 5 aliphatic carbocycles. The fourth-order valence-electron chi connectivity index (χ4n) is 8.83. The van der Waals surface area contributed by atoms with Crippen LogP contribution in [0, 0.1) is 24.2 Å². The number of methoxy groups -OCH3 is 1. The first-order valence-electron chi connectivity index (χ1n) is 17.2. The summed E-state index contributed by atoms with van der Waals surface area (Å²) in [6.45, 7) is 2.90. The Hall–Kier alpha value is -3.16. The molecule has 0 radical (unpaired) electrons. The van der Waals surface area contributed by atoms with E-state index in [0.717, 1.165) is 93.6 Å². The minimum atomic E-state index is -1.27. The molecule has 5 saturated carbocycles. The third kappa shape index (κ3) is 6.18. The van der Waals surface area contributed by atoms with Gasteiger partial charge in [-0.25, -0.2) is 4.98 Å². The van der Waals surface area contributed by atoms with Gasteiger partial charge in [0.1, 0.15) is 5.75 Å². The summed E-state index contributed by atoms with van der Waals surface area (Å²) in [5.41, 5.74) is 6.19. The molecule has 0 spiro atoms. The molecule has 5 fully saturated rings. The molecular weight excluding hydrogens is 562 g/mol. The van der Waals surface area contributed by atoms with Gasteiger partial charge in [-0.05, 0) is 136 Å². The second-order valence-corrected chi connectivity index (χ2v) is 14.8. The second kappa shape index (κ2) is 12.2. The molecule has 0 saturated heterocycles. The van der Waals surface area contributed by atoms with Crippen molar-refractivity contribution in [2.24, 2.45) is 17.3 Å². The lowest BCUT2D eigenvalue weighted by Gasteiger charge is -2.55. The molecule has 240 valence electrons. The maximum atomic E-state index is 14.5. The lowest BCUT2D eigenvalue weighted by Crippen LogP contribution is -2.51. The van der Waals surface area contributed by atoms with E-state index in [1.807, 2.05) is 6.33 Å². The number of carbonyl (C=O) groups is 1. The lowest BCUT2D eigenvalue weighted by atomic mass is 9.51. The van der Waals surface area contributed by atoms with Crippen LogP contribution in [0.15, 0.2) is 55.0 Å². The smallest absolute Gasteiger partial charge is 0.230 e. The van der Waals surface area contributed by atoms with Crippen molar-refractivity contribution in [3.05, 3.63) is 71.8 Å². The number of rotatable bonds is 10. The maximum Gasteiger partial charge on any atom is 0.230 e. The molecule has 45 heavy (non-hydrogen) atoms. The molecule has 8 rings (SSSR count). The van der Waals surface area contributed by atoms with E-state index < -0.39 is 6.29 Å². The van der Waals surface area contributed by atoms with E-state index in [2.05, 4.69) is 70.0 Å². The number of aryl methyl sites for hydroxylation is 1. The minimum absolute atomic E-state index is 0.0274. The van der Waals surface area contributed by atoms with Crippen molar-refractivity contribution in [2.45, 2.75) is 108 Å². The monoisotopic (exact) mass is 611 g/mol. The number of carbonyl (C=O) groups excluding carboxylic acids is 1. The van der Waals surface area contributed by atoms with Gasteiger partial charge >= 0.3 is 0 Å². The maximum absolute atomic E-state index is 14.5. The fraction of sp³-hybridized carbons (Fsp3) is 0.579. The Kier molecular flexibility index (Phi) is 8.28. The van der Waals surface area contributed by atoms with E-state index in [9.17, 15) is 15.0 Å². The summed E-state index contributed by atoms with van der Waals surface area (Å²) >= 11 is 0. The summed E-state index contributed by atoms with van der Waals surface area (Å²) in [5.74, 6) is 2.04. The van der Waals surface area contributed by atoms with Crippen LogP contribution >= 0.6 is 0 Å². The first-order chi connectivity index (χ1) is 21.8. The molecule has 2 bridgehead atoms. The largest absolute Gasteiger partial charge is 0.496 e. The number of hydrogen-bond donors (Lipinski definition) is 2. The van der Waals surface area contributed by atoms with Crippen LogP contribution in [-0.4, -0.2) is 45.6 Å². The van der Waals surface area contributed by atoms with Crippen LogP contribution in [0.25, 0.3) is 5.69 Å². The number of ether oxygens (including phenoxy) is 1. The van der Waals surface area contributed by atoms with Crippen LogP contribution < -0.4 is 9.64 Å². The van der Waals surface area contributed by atoms with E-state index in [0.29, 0.717) is 12.3 Å². The van der Waals surface area contributed by atoms with Gasteiger partial charge in [0.25, 0.3) is 0 Å². The highest BCUT2D eigenvalue weighted by atomic mass is 16.5.